The summed E-state index contributed by atoms with van der Waals surface area (Å²) in [5.74, 6) is -0.576. The monoisotopic (exact) mass is 348 g/mol. The molecule has 1 aliphatic rings. The summed E-state index contributed by atoms with van der Waals surface area (Å²) in [6.07, 6.45) is -3.81. The first-order valence-corrected chi connectivity index (χ1v) is 7.71. The number of nitrogens with one attached hydrogen (secondary N) is 1. The number of alkyl halides is 3. The van der Waals surface area contributed by atoms with Crippen LogP contribution in [0.1, 0.15) is 18.4 Å². The van der Waals surface area contributed by atoms with E-state index in [0.717, 1.165) is 12.1 Å². The van der Waals surface area contributed by atoms with E-state index < -0.39 is 23.7 Å². The van der Waals surface area contributed by atoms with Gasteiger partial charge in [0, 0.05) is 17.8 Å². The second-order valence-corrected chi connectivity index (χ2v) is 5.72. The number of hydrogen-bond acceptors (Lipinski definition) is 2. The van der Waals surface area contributed by atoms with E-state index in [1.807, 2.05) is 0 Å². The van der Waals surface area contributed by atoms with Crippen LogP contribution >= 0.6 is 0 Å². The zero-order valence-electron chi connectivity index (χ0n) is 13.1. The molecule has 2 amide bonds. The number of para-hydroxylation sites is 1. The molecular formula is C18H15F3N2O2. The van der Waals surface area contributed by atoms with Gasteiger partial charge in [-0.25, -0.2) is 0 Å². The molecule has 0 bridgehead atoms. The Kier molecular flexibility index (Phi) is 4.48. The van der Waals surface area contributed by atoms with Gasteiger partial charge in [-0.2, -0.15) is 13.2 Å². The third kappa shape index (κ3) is 3.65. The van der Waals surface area contributed by atoms with Gasteiger partial charge in [-0.3, -0.25) is 14.5 Å². The zero-order chi connectivity index (χ0) is 18.0. The predicted molar refractivity (Wildman–Crippen MR) is 87.0 cm³/mol. The van der Waals surface area contributed by atoms with E-state index in [4.69, 9.17) is 0 Å². The second-order valence-electron chi connectivity index (χ2n) is 5.72. The van der Waals surface area contributed by atoms with E-state index in [1.54, 1.807) is 30.3 Å². The van der Waals surface area contributed by atoms with E-state index in [-0.39, 0.29) is 18.0 Å². The highest BCUT2D eigenvalue weighted by atomic mass is 19.4. The number of anilines is 2. The van der Waals surface area contributed by atoms with Gasteiger partial charge in [-0.1, -0.05) is 18.2 Å². The normalized spacial score (nSPS) is 17.6. The number of benzene rings is 2. The maximum Gasteiger partial charge on any atom is 0.416 e. The highest BCUT2D eigenvalue weighted by Crippen LogP contribution is 2.30. The lowest BCUT2D eigenvalue weighted by atomic mass is 10.1. The van der Waals surface area contributed by atoms with Crippen LogP contribution in [0.5, 0.6) is 0 Å². The van der Waals surface area contributed by atoms with Crippen molar-refractivity contribution in [2.45, 2.75) is 25.1 Å². The van der Waals surface area contributed by atoms with Crippen LogP contribution in [0, 0.1) is 0 Å². The van der Waals surface area contributed by atoms with E-state index in [2.05, 4.69) is 5.32 Å². The van der Waals surface area contributed by atoms with E-state index in [0.29, 0.717) is 12.1 Å². The number of nitrogens with zero attached hydrogens (tertiary/aromatic N) is 1. The molecule has 0 saturated carbocycles. The quantitative estimate of drug-likeness (QED) is 0.916. The molecule has 25 heavy (non-hydrogen) atoms. The van der Waals surface area contributed by atoms with Gasteiger partial charge in [0.2, 0.25) is 11.8 Å². The Morgan fingerprint density at radius 3 is 2.28 bits per heavy atom. The highest BCUT2D eigenvalue weighted by Gasteiger charge is 2.37. The minimum absolute atomic E-state index is 0.154. The van der Waals surface area contributed by atoms with Crippen molar-refractivity contribution in [3.8, 4) is 0 Å². The van der Waals surface area contributed by atoms with E-state index in [9.17, 15) is 22.8 Å². The minimum Gasteiger partial charge on any atom is -0.324 e. The molecule has 1 aliphatic heterocycles. The van der Waals surface area contributed by atoms with E-state index in [1.165, 1.54) is 17.0 Å². The smallest absolute Gasteiger partial charge is 0.324 e. The Balaban J connectivity index is 1.75. The number of carbonyl (C=O) groups is 2. The second kappa shape index (κ2) is 6.58. The highest BCUT2D eigenvalue weighted by molar-refractivity contribution is 6.07. The largest absolute Gasteiger partial charge is 0.416 e. The summed E-state index contributed by atoms with van der Waals surface area (Å²) in [5.41, 5.74) is 0.0929. The number of hydrogen-bond donors (Lipinski definition) is 1. The molecule has 4 nitrogen and oxygen atoms in total. The Morgan fingerprint density at radius 2 is 1.68 bits per heavy atom. The molecule has 1 unspecified atom stereocenters. The summed E-state index contributed by atoms with van der Waals surface area (Å²) in [6, 6.07) is 12.4. The summed E-state index contributed by atoms with van der Waals surface area (Å²) in [4.78, 5) is 26.0. The van der Waals surface area contributed by atoms with Crippen LogP contribution in [-0.4, -0.2) is 17.9 Å². The summed E-state index contributed by atoms with van der Waals surface area (Å²) in [5, 5.41) is 2.58. The molecule has 0 radical (unpaired) electrons. The fourth-order valence-corrected chi connectivity index (χ4v) is 2.81. The molecule has 1 atom stereocenters. The van der Waals surface area contributed by atoms with Gasteiger partial charge in [0.15, 0.2) is 0 Å². The molecule has 1 N–H and O–H groups in total. The SMILES string of the molecule is O=C(Nc1ccc(C(F)(F)F)cc1)C1CCC(=O)N1c1ccccc1. The predicted octanol–water partition coefficient (Wildman–Crippen LogP) is 3.84. The van der Waals surface area contributed by atoms with Crippen molar-refractivity contribution in [1.82, 2.24) is 0 Å². The third-order valence-corrected chi connectivity index (χ3v) is 4.03. The first-order chi connectivity index (χ1) is 11.9. The Hall–Kier alpha value is -2.83. The lowest BCUT2D eigenvalue weighted by Crippen LogP contribution is -2.41. The lowest BCUT2D eigenvalue weighted by Gasteiger charge is -2.24. The van der Waals surface area contributed by atoms with Gasteiger partial charge in [-0.05, 0) is 42.8 Å². The zero-order valence-corrected chi connectivity index (χ0v) is 13.1. The van der Waals surface area contributed by atoms with E-state index >= 15 is 0 Å². The van der Waals surface area contributed by atoms with Crippen molar-refractivity contribution < 1.29 is 22.8 Å². The average molecular weight is 348 g/mol. The molecule has 3 rings (SSSR count). The third-order valence-electron chi connectivity index (χ3n) is 4.03. The molecule has 0 aliphatic carbocycles. The molecule has 0 spiro atoms. The van der Waals surface area contributed by atoms with Crippen molar-refractivity contribution in [3.63, 3.8) is 0 Å². The molecule has 2 aromatic rings. The molecule has 1 saturated heterocycles. The summed E-state index contributed by atoms with van der Waals surface area (Å²) < 4.78 is 37.7. The Bertz CT molecular complexity index is 773. The molecular weight excluding hydrogens is 333 g/mol. The number of amides is 2. The molecule has 2 aromatic carbocycles. The van der Waals surface area contributed by atoms with Gasteiger partial charge < -0.3 is 5.32 Å². The fraction of sp³-hybridized carbons (Fsp3) is 0.222. The van der Waals surface area contributed by atoms with Crippen LogP contribution in [0.15, 0.2) is 54.6 Å². The van der Waals surface area contributed by atoms with Gasteiger partial charge in [0.25, 0.3) is 0 Å². The summed E-state index contributed by atoms with van der Waals surface area (Å²) in [7, 11) is 0. The van der Waals surface area contributed by atoms with Gasteiger partial charge in [-0.15, -0.1) is 0 Å². The molecule has 130 valence electrons. The standard InChI is InChI=1S/C18H15F3N2O2/c19-18(20,21)12-6-8-13(9-7-12)22-17(25)15-10-11-16(24)23(15)14-4-2-1-3-5-14/h1-9,15H,10-11H2,(H,22,25). The average Bonchev–Trinajstić information content (AvgIpc) is 2.97. The first kappa shape index (κ1) is 17.0. The summed E-state index contributed by atoms with van der Waals surface area (Å²) >= 11 is 0. The van der Waals surface area contributed by atoms with Gasteiger partial charge in [0.1, 0.15) is 6.04 Å². The van der Waals surface area contributed by atoms with Crippen LogP contribution in [-0.2, 0) is 15.8 Å². The van der Waals surface area contributed by atoms with Crippen molar-refractivity contribution >= 4 is 23.2 Å². The lowest BCUT2D eigenvalue weighted by molar-refractivity contribution is -0.137. The number of carbonyl (C=O) groups excluding carboxylic acids is 2. The first-order valence-electron chi connectivity index (χ1n) is 7.71. The molecule has 1 heterocycles. The Labute approximate surface area is 142 Å². The molecule has 7 heteroatoms. The maximum atomic E-state index is 12.6. The molecule has 0 aromatic heterocycles. The molecule has 1 fully saturated rings. The summed E-state index contributed by atoms with van der Waals surface area (Å²) in [6.45, 7) is 0. The fourth-order valence-electron chi connectivity index (χ4n) is 2.81. The number of halogens is 3. The van der Waals surface area contributed by atoms with Crippen LogP contribution < -0.4 is 10.2 Å². The van der Waals surface area contributed by atoms with Crippen LogP contribution in [0.4, 0.5) is 24.5 Å². The number of rotatable bonds is 3. The van der Waals surface area contributed by atoms with Crippen LogP contribution in [0.3, 0.4) is 0 Å². The minimum atomic E-state index is -4.43. The Morgan fingerprint density at radius 1 is 1.04 bits per heavy atom. The van der Waals surface area contributed by atoms with Crippen molar-refractivity contribution in [2.24, 2.45) is 0 Å². The van der Waals surface area contributed by atoms with Crippen LogP contribution in [0.25, 0.3) is 0 Å². The van der Waals surface area contributed by atoms with Crippen LogP contribution in [0.2, 0.25) is 0 Å². The van der Waals surface area contributed by atoms with Gasteiger partial charge in [0.05, 0.1) is 5.56 Å². The van der Waals surface area contributed by atoms with Gasteiger partial charge >= 0.3 is 6.18 Å². The van der Waals surface area contributed by atoms with Crippen molar-refractivity contribution in [2.75, 3.05) is 10.2 Å². The topological polar surface area (TPSA) is 49.4 Å². The van der Waals surface area contributed by atoms with Crippen molar-refractivity contribution in [1.29, 1.82) is 0 Å². The maximum absolute atomic E-state index is 12.6. The van der Waals surface area contributed by atoms with Crippen molar-refractivity contribution in [3.05, 3.63) is 60.2 Å².